The molecule has 0 unspecified atom stereocenters. The summed E-state index contributed by atoms with van der Waals surface area (Å²) in [5.74, 6) is -3.95. The highest BCUT2D eigenvalue weighted by atomic mass is 19.1. The molecule has 0 aliphatic carbocycles. The molecule has 0 spiro atoms. The molecule has 0 amide bonds. The van der Waals surface area contributed by atoms with Crippen LogP contribution in [0.4, 0.5) is 8.78 Å². The Bertz CT molecular complexity index is 586. The molecular weight excluding hydrogens is 248 g/mol. The zero-order chi connectivity index (χ0) is 13.3. The van der Waals surface area contributed by atoms with E-state index in [1.54, 1.807) is 0 Å². The van der Waals surface area contributed by atoms with E-state index in [-0.39, 0.29) is 29.6 Å². The van der Waals surface area contributed by atoms with Crippen molar-refractivity contribution in [2.45, 2.75) is 6.54 Å². The molecule has 0 atom stereocenters. The van der Waals surface area contributed by atoms with Crippen LogP contribution in [0.2, 0.25) is 0 Å². The standard InChI is InChI=1S/C10H9F2N3O3/c1-17-5-2-4(7(11)9(16)8(5)12)10-14-6(3-13)18-15-10/h2,16H,3,13H2,1H3. The number of halogens is 2. The van der Waals surface area contributed by atoms with Crippen molar-refractivity contribution in [2.24, 2.45) is 5.73 Å². The fourth-order valence-electron chi connectivity index (χ4n) is 1.36. The second kappa shape index (κ2) is 4.57. The second-order valence-electron chi connectivity index (χ2n) is 3.32. The first-order valence-electron chi connectivity index (χ1n) is 4.86. The first kappa shape index (κ1) is 12.2. The summed E-state index contributed by atoms with van der Waals surface area (Å²) in [5, 5.41) is 12.8. The highest BCUT2D eigenvalue weighted by Gasteiger charge is 2.22. The van der Waals surface area contributed by atoms with E-state index in [9.17, 15) is 13.9 Å². The normalized spacial score (nSPS) is 10.7. The van der Waals surface area contributed by atoms with E-state index < -0.39 is 17.4 Å². The number of phenolic OH excluding ortho intramolecular Hbond substituents is 1. The van der Waals surface area contributed by atoms with Gasteiger partial charge in [0.1, 0.15) is 0 Å². The maximum Gasteiger partial charge on any atom is 0.240 e. The Morgan fingerprint density at radius 2 is 2.17 bits per heavy atom. The number of hydrogen-bond donors (Lipinski definition) is 2. The molecule has 6 nitrogen and oxygen atoms in total. The van der Waals surface area contributed by atoms with Crippen LogP contribution in [0.5, 0.6) is 11.5 Å². The van der Waals surface area contributed by atoms with Crippen molar-refractivity contribution in [3.05, 3.63) is 23.6 Å². The van der Waals surface area contributed by atoms with Crippen LogP contribution in [-0.4, -0.2) is 22.4 Å². The molecule has 0 bridgehead atoms. The van der Waals surface area contributed by atoms with Crippen LogP contribution in [0.15, 0.2) is 10.6 Å². The largest absolute Gasteiger partial charge is 0.503 e. The Hall–Kier alpha value is -2.22. The van der Waals surface area contributed by atoms with E-state index in [0.717, 1.165) is 6.07 Å². The van der Waals surface area contributed by atoms with Crippen molar-refractivity contribution < 1.29 is 23.1 Å². The molecule has 2 rings (SSSR count). The number of methoxy groups -OCH3 is 1. The van der Waals surface area contributed by atoms with Crippen molar-refractivity contribution in [1.82, 2.24) is 10.1 Å². The zero-order valence-corrected chi connectivity index (χ0v) is 9.28. The molecule has 3 N–H and O–H groups in total. The highest BCUT2D eigenvalue weighted by molar-refractivity contribution is 5.62. The summed E-state index contributed by atoms with van der Waals surface area (Å²) in [6.07, 6.45) is 0. The second-order valence-corrected chi connectivity index (χ2v) is 3.32. The van der Waals surface area contributed by atoms with Gasteiger partial charge in [0.2, 0.25) is 17.5 Å². The lowest BCUT2D eigenvalue weighted by atomic mass is 10.1. The van der Waals surface area contributed by atoms with Gasteiger partial charge in [-0.2, -0.15) is 9.37 Å². The summed E-state index contributed by atoms with van der Waals surface area (Å²) in [6.45, 7) is -0.0149. The molecule has 18 heavy (non-hydrogen) atoms. The van der Waals surface area contributed by atoms with Crippen LogP contribution < -0.4 is 10.5 Å². The van der Waals surface area contributed by atoms with Gasteiger partial charge in [-0.15, -0.1) is 0 Å². The summed E-state index contributed by atoms with van der Waals surface area (Å²) in [5.41, 5.74) is 5.02. The summed E-state index contributed by atoms with van der Waals surface area (Å²) < 4.78 is 36.4. The minimum Gasteiger partial charge on any atom is -0.503 e. The van der Waals surface area contributed by atoms with Gasteiger partial charge in [-0.25, -0.2) is 4.39 Å². The molecule has 0 aliphatic heterocycles. The fourth-order valence-corrected chi connectivity index (χ4v) is 1.36. The van der Waals surface area contributed by atoms with Gasteiger partial charge in [-0.05, 0) is 6.07 Å². The molecule has 1 aromatic heterocycles. The van der Waals surface area contributed by atoms with Crippen molar-refractivity contribution in [2.75, 3.05) is 7.11 Å². The Morgan fingerprint density at radius 1 is 1.44 bits per heavy atom. The first-order valence-corrected chi connectivity index (χ1v) is 4.86. The minimum absolute atomic E-state index is 0.0149. The van der Waals surface area contributed by atoms with Crippen LogP contribution in [0.1, 0.15) is 5.89 Å². The third-order valence-corrected chi connectivity index (χ3v) is 2.25. The van der Waals surface area contributed by atoms with Crippen molar-refractivity contribution in [3.63, 3.8) is 0 Å². The zero-order valence-electron chi connectivity index (χ0n) is 9.28. The number of aromatic nitrogens is 2. The number of nitrogens with two attached hydrogens (primary N) is 1. The monoisotopic (exact) mass is 257 g/mol. The van der Waals surface area contributed by atoms with Crippen LogP contribution in [0.25, 0.3) is 11.4 Å². The molecule has 0 saturated carbocycles. The molecule has 1 aromatic carbocycles. The highest BCUT2D eigenvalue weighted by Crippen LogP contribution is 2.35. The number of nitrogens with zero attached hydrogens (tertiary/aromatic N) is 2. The molecular formula is C10H9F2N3O3. The van der Waals surface area contributed by atoms with Crippen molar-refractivity contribution in [3.8, 4) is 22.9 Å². The quantitative estimate of drug-likeness (QED) is 0.857. The Labute approximate surface area is 100.0 Å². The van der Waals surface area contributed by atoms with E-state index >= 15 is 0 Å². The lowest BCUT2D eigenvalue weighted by Crippen LogP contribution is -1.97. The summed E-state index contributed by atoms with van der Waals surface area (Å²) in [7, 11) is 1.18. The smallest absolute Gasteiger partial charge is 0.240 e. The lowest BCUT2D eigenvalue weighted by Gasteiger charge is -2.07. The number of rotatable bonds is 3. The van der Waals surface area contributed by atoms with Gasteiger partial charge in [0, 0.05) is 0 Å². The van der Waals surface area contributed by atoms with Crippen LogP contribution in [0.3, 0.4) is 0 Å². The molecule has 0 aliphatic rings. The molecule has 0 fully saturated rings. The Morgan fingerprint density at radius 3 is 2.72 bits per heavy atom. The van der Waals surface area contributed by atoms with Crippen LogP contribution in [0, 0.1) is 11.6 Å². The topological polar surface area (TPSA) is 94.4 Å². The van der Waals surface area contributed by atoms with Crippen molar-refractivity contribution in [1.29, 1.82) is 0 Å². The van der Waals surface area contributed by atoms with Gasteiger partial charge in [0.05, 0.1) is 19.2 Å². The number of phenols is 1. The average Bonchev–Trinajstić information content (AvgIpc) is 2.85. The van der Waals surface area contributed by atoms with Crippen LogP contribution >= 0.6 is 0 Å². The molecule has 1 heterocycles. The van der Waals surface area contributed by atoms with Crippen molar-refractivity contribution >= 4 is 0 Å². The molecule has 96 valence electrons. The predicted molar refractivity (Wildman–Crippen MR) is 55.8 cm³/mol. The maximum atomic E-state index is 13.7. The summed E-state index contributed by atoms with van der Waals surface area (Å²) in [6, 6.07) is 1.02. The SMILES string of the molecule is COc1cc(-c2noc(CN)n2)c(F)c(O)c1F. The van der Waals surface area contributed by atoms with Gasteiger partial charge in [-0.1, -0.05) is 5.16 Å². The average molecular weight is 257 g/mol. The van der Waals surface area contributed by atoms with Crippen LogP contribution in [-0.2, 0) is 6.54 Å². The van der Waals surface area contributed by atoms with E-state index in [1.165, 1.54) is 7.11 Å². The molecule has 2 aromatic rings. The predicted octanol–water partition coefficient (Wildman–Crippen LogP) is 1.19. The van der Waals surface area contributed by atoms with E-state index in [2.05, 4.69) is 14.9 Å². The number of hydrogen-bond acceptors (Lipinski definition) is 6. The minimum atomic E-state index is -1.20. The van der Waals surface area contributed by atoms with Gasteiger partial charge < -0.3 is 20.1 Å². The van der Waals surface area contributed by atoms with Gasteiger partial charge in [0.15, 0.2) is 17.3 Å². The number of ether oxygens (including phenoxy) is 1. The number of aromatic hydroxyl groups is 1. The molecule has 0 saturated heterocycles. The third-order valence-electron chi connectivity index (χ3n) is 2.25. The molecule has 8 heteroatoms. The summed E-state index contributed by atoms with van der Waals surface area (Å²) in [4.78, 5) is 3.77. The fraction of sp³-hybridized carbons (Fsp3) is 0.200. The Balaban J connectivity index is 2.60. The lowest BCUT2D eigenvalue weighted by molar-refractivity contribution is 0.350. The first-order chi connectivity index (χ1) is 8.58. The van der Waals surface area contributed by atoms with E-state index in [4.69, 9.17) is 10.3 Å². The molecule has 0 radical (unpaired) electrons. The summed E-state index contributed by atoms with van der Waals surface area (Å²) >= 11 is 0. The third kappa shape index (κ3) is 1.86. The number of benzene rings is 1. The van der Waals surface area contributed by atoms with E-state index in [0.29, 0.717) is 0 Å². The van der Waals surface area contributed by atoms with Gasteiger partial charge in [-0.3, -0.25) is 0 Å². The van der Waals surface area contributed by atoms with Gasteiger partial charge >= 0.3 is 0 Å². The van der Waals surface area contributed by atoms with Gasteiger partial charge in [0.25, 0.3) is 0 Å². The van der Waals surface area contributed by atoms with E-state index in [1.807, 2.05) is 0 Å². The Kier molecular flexibility index (Phi) is 3.11. The maximum absolute atomic E-state index is 13.7.